The average molecular weight is 338 g/mol. The molecule has 0 radical (unpaired) electrons. The third kappa shape index (κ3) is 6.31. The summed E-state index contributed by atoms with van der Waals surface area (Å²) in [5.41, 5.74) is 2.57. The number of aryl methyl sites for hydroxylation is 1. The Balaban J connectivity index is 1.82. The number of hydrogen-bond acceptors (Lipinski definition) is 3. The zero-order chi connectivity index (χ0) is 16.9. The summed E-state index contributed by atoms with van der Waals surface area (Å²) in [5, 5.41) is 0. The van der Waals surface area contributed by atoms with Gasteiger partial charge in [0.2, 0.25) is 15.9 Å². The molecule has 0 unspecified atom stereocenters. The number of hydrogen-bond donors (Lipinski definition) is 1. The number of benzene rings is 1. The van der Waals surface area contributed by atoms with Gasteiger partial charge in [0.15, 0.2) is 0 Å². The first kappa shape index (κ1) is 17.9. The maximum Gasteiger partial charge on any atom is 0.223 e. The van der Waals surface area contributed by atoms with Crippen LogP contribution in [0.25, 0.3) is 0 Å². The zero-order valence-corrected chi connectivity index (χ0v) is 14.7. The van der Waals surface area contributed by atoms with Crippen molar-refractivity contribution in [1.82, 2.24) is 9.62 Å². The normalized spacial score (nSPS) is 18.9. The van der Waals surface area contributed by atoms with Crippen molar-refractivity contribution in [3.05, 3.63) is 35.4 Å². The minimum absolute atomic E-state index is 0.0368. The van der Waals surface area contributed by atoms with E-state index in [1.165, 1.54) is 11.1 Å². The van der Waals surface area contributed by atoms with Crippen molar-refractivity contribution in [3.8, 4) is 0 Å². The summed E-state index contributed by atoms with van der Waals surface area (Å²) in [7, 11) is -3.23. The molecular formula is C17H26N2O3S. The highest BCUT2D eigenvalue weighted by atomic mass is 32.2. The molecule has 1 N–H and O–H groups in total. The van der Waals surface area contributed by atoms with Crippen LogP contribution in [0.5, 0.6) is 0 Å². The van der Waals surface area contributed by atoms with E-state index >= 15 is 0 Å². The van der Waals surface area contributed by atoms with Crippen LogP contribution in [0.2, 0.25) is 0 Å². The molecule has 5 nitrogen and oxygen atoms in total. The standard InChI is InChI=1S/C17H26N2O3S/c1-14-5-7-15(8-6-14)12-16-4-3-11-19(13-16)17(20)9-10-18-23(2,21)22/h5-8,16,18H,3-4,9-13H2,1-2H3/t16-/m0/s1. The van der Waals surface area contributed by atoms with Crippen molar-refractivity contribution in [2.75, 3.05) is 25.9 Å². The van der Waals surface area contributed by atoms with E-state index in [0.717, 1.165) is 38.6 Å². The van der Waals surface area contributed by atoms with Crippen LogP contribution in [-0.4, -0.2) is 45.1 Å². The first-order chi connectivity index (χ1) is 10.8. The molecule has 0 spiro atoms. The van der Waals surface area contributed by atoms with Gasteiger partial charge in [-0.25, -0.2) is 13.1 Å². The Bertz CT molecular complexity index is 626. The number of amides is 1. The van der Waals surface area contributed by atoms with Crippen molar-refractivity contribution < 1.29 is 13.2 Å². The van der Waals surface area contributed by atoms with Gasteiger partial charge in [0.05, 0.1) is 6.26 Å². The molecule has 1 aliphatic heterocycles. The summed E-state index contributed by atoms with van der Waals surface area (Å²) in [6.45, 7) is 3.81. The molecule has 1 fully saturated rings. The van der Waals surface area contributed by atoms with Gasteiger partial charge in [-0.3, -0.25) is 4.79 Å². The highest BCUT2D eigenvalue weighted by molar-refractivity contribution is 7.88. The van der Waals surface area contributed by atoms with Crippen LogP contribution in [0, 0.1) is 12.8 Å². The largest absolute Gasteiger partial charge is 0.342 e. The lowest BCUT2D eigenvalue weighted by atomic mass is 9.91. The van der Waals surface area contributed by atoms with Gasteiger partial charge < -0.3 is 4.90 Å². The molecule has 6 heteroatoms. The Labute approximate surface area is 139 Å². The van der Waals surface area contributed by atoms with Crippen molar-refractivity contribution in [1.29, 1.82) is 0 Å². The molecule has 1 atom stereocenters. The van der Waals surface area contributed by atoms with E-state index in [-0.39, 0.29) is 18.9 Å². The van der Waals surface area contributed by atoms with Gasteiger partial charge in [-0.05, 0) is 37.7 Å². The molecule has 1 aromatic carbocycles. The van der Waals surface area contributed by atoms with Crippen LogP contribution >= 0.6 is 0 Å². The van der Waals surface area contributed by atoms with Gasteiger partial charge in [0, 0.05) is 26.1 Å². The quantitative estimate of drug-likeness (QED) is 0.859. The van der Waals surface area contributed by atoms with Crippen molar-refractivity contribution in [2.45, 2.75) is 32.6 Å². The van der Waals surface area contributed by atoms with Gasteiger partial charge in [-0.15, -0.1) is 0 Å². The predicted molar refractivity (Wildman–Crippen MR) is 91.7 cm³/mol. The fraction of sp³-hybridized carbons (Fsp3) is 0.588. The average Bonchev–Trinajstić information content (AvgIpc) is 2.48. The number of nitrogens with zero attached hydrogens (tertiary/aromatic N) is 1. The van der Waals surface area contributed by atoms with Gasteiger partial charge in [0.1, 0.15) is 0 Å². The molecular weight excluding hydrogens is 312 g/mol. The van der Waals surface area contributed by atoms with Crippen LogP contribution in [0.4, 0.5) is 0 Å². The zero-order valence-electron chi connectivity index (χ0n) is 13.9. The summed E-state index contributed by atoms with van der Waals surface area (Å²) in [4.78, 5) is 14.1. The monoisotopic (exact) mass is 338 g/mol. The highest BCUT2D eigenvalue weighted by Crippen LogP contribution is 2.21. The highest BCUT2D eigenvalue weighted by Gasteiger charge is 2.23. The maximum atomic E-state index is 12.2. The fourth-order valence-corrected chi connectivity index (χ4v) is 3.49. The maximum absolute atomic E-state index is 12.2. The third-order valence-corrected chi connectivity index (χ3v) is 4.95. The minimum Gasteiger partial charge on any atom is -0.342 e. The number of rotatable bonds is 6. The van der Waals surface area contributed by atoms with E-state index in [1.54, 1.807) is 0 Å². The molecule has 0 aliphatic carbocycles. The van der Waals surface area contributed by atoms with Gasteiger partial charge >= 0.3 is 0 Å². The lowest BCUT2D eigenvalue weighted by Gasteiger charge is -2.33. The van der Waals surface area contributed by atoms with Crippen molar-refractivity contribution in [3.63, 3.8) is 0 Å². The van der Waals surface area contributed by atoms with E-state index in [1.807, 2.05) is 4.90 Å². The number of sulfonamides is 1. The molecule has 0 aromatic heterocycles. The molecule has 23 heavy (non-hydrogen) atoms. The first-order valence-corrected chi connectivity index (χ1v) is 10.0. The third-order valence-electron chi connectivity index (χ3n) is 4.22. The Morgan fingerprint density at radius 3 is 2.65 bits per heavy atom. The first-order valence-electron chi connectivity index (χ1n) is 8.11. The van der Waals surface area contributed by atoms with E-state index in [9.17, 15) is 13.2 Å². The second kappa shape index (κ2) is 7.93. The number of nitrogens with one attached hydrogen (secondary N) is 1. The Kier molecular flexibility index (Phi) is 6.18. The number of piperidine rings is 1. The van der Waals surface area contributed by atoms with Crippen molar-refractivity contribution in [2.24, 2.45) is 5.92 Å². The van der Waals surface area contributed by atoms with Crippen LogP contribution in [0.15, 0.2) is 24.3 Å². The minimum atomic E-state index is -3.23. The molecule has 2 rings (SSSR count). The van der Waals surface area contributed by atoms with E-state index in [0.29, 0.717) is 5.92 Å². The molecule has 0 bridgehead atoms. The fourth-order valence-electron chi connectivity index (χ4n) is 3.02. The lowest BCUT2D eigenvalue weighted by Crippen LogP contribution is -2.41. The van der Waals surface area contributed by atoms with E-state index in [2.05, 4.69) is 35.9 Å². The Hall–Kier alpha value is -1.40. The van der Waals surface area contributed by atoms with E-state index < -0.39 is 10.0 Å². The number of carbonyl (C=O) groups excluding carboxylic acids is 1. The smallest absolute Gasteiger partial charge is 0.223 e. The van der Waals surface area contributed by atoms with Gasteiger partial charge in [-0.1, -0.05) is 29.8 Å². The summed E-state index contributed by atoms with van der Waals surface area (Å²) < 4.78 is 24.4. The molecule has 1 aliphatic rings. The van der Waals surface area contributed by atoms with Crippen molar-refractivity contribution >= 4 is 15.9 Å². The molecule has 128 valence electrons. The molecule has 1 amide bonds. The second-order valence-electron chi connectivity index (χ2n) is 6.45. The predicted octanol–water partition coefficient (Wildman–Crippen LogP) is 1.72. The van der Waals surface area contributed by atoms with E-state index in [4.69, 9.17) is 0 Å². The lowest BCUT2D eigenvalue weighted by molar-refractivity contribution is -0.132. The summed E-state index contributed by atoms with van der Waals surface area (Å²) in [6, 6.07) is 8.56. The molecule has 1 aromatic rings. The SMILES string of the molecule is Cc1ccc(C[C@@H]2CCCN(C(=O)CCNS(C)(=O)=O)C2)cc1. The van der Waals surface area contributed by atoms with Gasteiger partial charge in [0.25, 0.3) is 0 Å². The molecule has 1 heterocycles. The summed E-state index contributed by atoms with van der Waals surface area (Å²) >= 11 is 0. The van der Waals surface area contributed by atoms with Gasteiger partial charge in [-0.2, -0.15) is 0 Å². The molecule has 1 saturated heterocycles. The summed E-state index contributed by atoms with van der Waals surface area (Å²) in [5.74, 6) is 0.521. The Morgan fingerprint density at radius 2 is 2.00 bits per heavy atom. The van der Waals surface area contributed by atoms with Crippen LogP contribution in [-0.2, 0) is 21.2 Å². The van der Waals surface area contributed by atoms with Crippen LogP contribution in [0.3, 0.4) is 0 Å². The number of likely N-dealkylation sites (tertiary alicyclic amines) is 1. The topological polar surface area (TPSA) is 66.5 Å². The van der Waals surface area contributed by atoms with Crippen LogP contribution in [0.1, 0.15) is 30.4 Å². The number of carbonyl (C=O) groups is 1. The summed E-state index contributed by atoms with van der Waals surface area (Å²) in [6.07, 6.45) is 4.48. The Morgan fingerprint density at radius 1 is 1.30 bits per heavy atom. The second-order valence-corrected chi connectivity index (χ2v) is 8.29. The molecule has 0 saturated carbocycles. The van der Waals surface area contributed by atoms with Crippen LogP contribution < -0.4 is 4.72 Å².